The van der Waals surface area contributed by atoms with E-state index in [0.717, 1.165) is 23.5 Å². The summed E-state index contributed by atoms with van der Waals surface area (Å²) in [6.07, 6.45) is 2.71. The highest BCUT2D eigenvalue weighted by molar-refractivity contribution is 7.98. The summed E-state index contributed by atoms with van der Waals surface area (Å²) in [5.41, 5.74) is 2.80. The predicted octanol–water partition coefficient (Wildman–Crippen LogP) is 4.27. The van der Waals surface area contributed by atoms with Crippen molar-refractivity contribution in [2.75, 3.05) is 5.75 Å². The number of hydrogen-bond acceptors (Lipinski definition) is 4. The van der Waals surface area contributed by atoms with Crippen LogP contribution in [0.25, 0.3) is 0 Å². The van der Waals surface area contributed by atoms with Gasteiger partial charge in [-0.25, -0.2) is 0 Å². The zero-order chi connectivity index (χ0) is 12.4. The quantitative estimate of drug-likeness (QED) is 0.909. The van der Waals surface area contributed by atoms with E-state index in [2.05, 4.69) is 22.9 Å². The Hall–Kier alpha value is -0.290. The summed E-state index contributed by atoms with van der Waals surface area (Å²) < 4.78 is 0. The highest BCUT2D eigenvalue weighted by Gasteiger charge is 2.17. The molecule has 1 nitrogen and oxygen atoms in total. The molecule has 2 aromatic heterocycles. The van der Waals surface area contributed by atoms with Crippen LogP contribution in [0.2, 0.25) is 0 Å². The maximum Gasteiger partial charge on any atom is 0.0885 e. The number of hydrogen-bond donors (Lipinski definition) is 1. The Morgan fingerprint density at radius 2 is 2.33 bits per heavy atom. The molecule has 18 heavy (non-hydrogen) atoms. The molecular formula is C14H16OS3. The molecule has 0 bridgehead atoms. The van der Waals surface area contributed by atoms with E-state index in [1.165, 1.54) is 28.2 Å². The number of thiophene rings is 2. The van der Waals surface area contributed by atoms with Crippen LogP contribution in [-0.2, 0) is 18.6 Å². The second-order valence-electron chi connectivity index (χ2n) is 4.59. The van der Waals surface area contributed by atoms with E-state index < -0.39 is 0 Å². The van der Waals surface area contributed by atoms with Crippen LogP contribution in [-0.4, -0.2) is 10.9 Å². The minimum Gasteiger partial charge on any atom is -0.388 e. The van der Waals surface area contributed by atoms with Crippen molar-refractivity contribution in [3.05, 3.63) is 43.8 Å². The lowest BCUT2D eigenvalue weighted by Crippen LogP contribution is -1.97. The van der Waals surface area contributed by atoms with Crippen LogP contribution < -0.4 is 0 Å². The highest BCUT2D eigenvalue weighted by Crippen LogP contribution is 2.35. The van der Waals surface area contributed by atoms with Gasteiger partial charge in [-0.3, -0.25) is 0 Å². The Labute approximate surface area is 120 Å². The van der Waals surface area contributed by atoms with Crippen molar-refractivity contribution in [2.24, 2.45) is 0 Å². The number of aryl methyl sites for hydroxylation is 2. The van der Waals surface area contributed by atoms with Crippen LogP contribution in [0.3, 0.4) is 0 Å². The van der Waals surface area contributed by atoms with E-state index in [4.69, 9.17) is 0 Å². The van der Waals surface area contributed by atoms with Crippen LogP contribution in [0.15, 0.2) is 22.9 Å². The molecule has 0 fully saturated rings. The zero-order valence-electron chi connectivity index (χ0n) is 10.1. The summed E-state index contributed by atoms with van der Waals surface area (Å²) in [4.78, 5) is 2.66. The summed E-state index contributed by atoms with van der Waals surface area (Å²) in [5.74, 6) is 2.36. The molecule has 1 unspecified atom stereocenters. The maximum absolute atomic E-state index is 10.3. The van der Waals surface area contributed by atoms with Crippen LogP contribution in [0.1, 0.15) is 33.4 Å². The first-order chi connectivity index (χ1) is 8.83. The molecule has 0 amide bonds. The second kappa shape index (κ2) is 5.78. The fourth-order valence-electron chi connectivity index (χ4n) is 2.21. The molecule has 2 aromatic rings. The summed E-state index contributed by atoms with van der Waals surface area (Å²) >= 11 is 5.55. The molecule has 0 spiro atoms. The van der Waals surface area contributed by atoms with Gasteiger partial charge in [0.25, 0.3) is 0 Å². The molecule has 4 heteroatoms. The predicted molar refractivity (Wildman–Crippen MR) is 81.8 cm³/mol. The Bertz CT molecular complexity index is 478. The van der Waals surface area contributed by atoms with Crippen molar-refractivity contribution in [3.8, 4) is 0 Å². The smallest absolute Gasteiger partial charge is 0.0885 e. The second-order valence-corrected chi connectivity index (χ2v) is 7.64. The van der Waals surface area contributed by atoms with E-state index in [-0.39, 0.29) is 6.10 Å². The van der Waals surface area contributed by atoms with Crippen LogP contribution in [0, 0.1) is 0 Å². The number of rotatable bonds is 4. The van der Waals surface area contributed by atoms with Gasteiger partial charge < -0.3 is 5.11 Å². The summed E-state index contributed by atoms with van der Waals surface area (Å²) in [5, 5.41) is 14.5. The standard InChI is InChI=1S/C14H16OS3/c15-12(2-1-10-3-5-16-8-10)14-7-11-9-17-6-4-13(11)18-14/h3,5,7-8,12,15H,1-2,4,6,9H2. The first-order valence-corrected chi connectivity index (χ1v) is 9.12. The fraction of sp³-hybridized carbons (Fsp3) is 0.429. The van der Waals surface area contributed by atoms with Gasteiger partial charge in [-0.15, -0.1) is 11.3 Å². The van der Waals surface area contributed by atoms with Gasteiger partial charge in [0.2, 0.25) is 0 Å². The maximum atomic E-state index is 10.3. The topological polar surface area (TPSA) is 20.2 Å². The number of fused-ring (bicyclic) bond motifs is 1. The zero-order valence-corrected chi connectivity index (χ0v) is 12.5. The van der Waals surface area contributed by atoms with E-state index in [9.17, 15) is 5.11 Å². The Morgan fingerprint density at radius 3 is 3.11 bits per heavy atom. The van der Waals surface area contributed by atoms with Crippen molar-refractivity contribution in [2.45, 2.75) is 31.1 Å². The molecular weight excluding hydrogens is 280 g/mol. The molecule has 0 aromatic carbocycles. The van der Waals surface area contributed by atoms with Gasteiger partial charge >= 0.3 is 0 Å². The molecule has 0 saturated carbocycles. The lowest BCUT2D eigenvalue weighted by atomic mass is 10.1. The third-order valence-electron chi connectivity index (χ3n) is 3.26. The van der Waals surface area contributed by atoms with Gasteiger partial charge in [0.15, 0.2) is 0 Å². The average Bonchev–Trinajstić information content (AvgIpc) is 3.04. The third kappa shape index (κ3) is 2.82. The molecule has 0 aliphatic carbocycles. The van der Waals surface area contributed by atoms with E-state index in [0.29, 0.717) is 0 Å². The molecule has 3 rings (SSSR count). The Balaban J connectivity index is 1.64. The lowest BCUT2D eigenvalue weighted by molar-refractivity contribution is 0.171. The monoisotopic (exact) mass is 296 g/mol. The fourth-order valence-corrected chi connectivity index (χ4v) is 5.31. The van der Waals surface area contributed by atoms with Gasteiger partial charge in [-0.1, -0.05) is 0 Å². The van der Waals surface area contributed by atoms with Gasteiger partial charge in [-0.2, -0.15) is 23.1 Å². The van der Waals surface area contributed by atoms with Crippen molar-refractivity contribution in [1.82, 2.24) is 0 Å². The van der Waals surface area contributed by atoms with E-state index in [1.807, 2.05) is 23.1 Å². The van der Waals surface area contributed by atoms with Gasteiger partial charge in [0.05, 0.1) is 6.10 Å². The van der Waals surface area contributed by atoms with Crippen LogP contribution >= 0.6 is 34.4 Å². The van der Waals surface area contributed by atoms with Gasteiger partial charge in [0.1, 0.15) is 0 Å². The first-order valence-electron chi connectivity index (χ1n) is 6.21. The molecule has 96 valence electrons. The summed E-state index contributed by atoms with van der Waals surface area (Å²) in [7, 11) is 0. The minimum absolute atomic E-state index is 0.287. The van der Waals surface area contributed by atoms with E-state index >= 15 is 0 Å². The SMILES string of the molecule is OC(CCc1ccsc1)c1cc2c(s1)CCSC2. The Kier molecular flexibility index (Phi) is 4.09. The molecule has 3 heterocycles. The normalized spacial score (nSPS) is 16.5. The third-order valence-corrected chi connectivity index (χ3v) is 6.34. The molecule has 1 atom stereocenters. The van der Waals surface area contributed by atoms with Crippen molar-refractivity contribution >= 4 is 34.4 Å². The average molecular weight is 296 g/mol. The molecule has 0 radical (unpaired) electrons. The molecule has 1 N–H and O–H groups in total. The van der Waals surface area contributed by atoms with Crippen LogP contribution in [0.4, 0.5) is 0 Å². The number of thioether (sulfide) groups is 1. The van der Waals surface area contributed by atoms with Gasteiger partial charge in [-0.05, 0) is 59.0 Å². The lowest BCUT2D eigenvalue weighted by Gasteiger charge is -2.08. The number of aliphatic hydroxyl groups excluding tert-OH is 1. The molecule has 0 saturated heterocycles. The van der Waals surface area contributed by atoms with Crippen molar-refractivity contribution in [1.29, 1.82) is 0 Å². The molecule has 1 aliphatic heterocycles. The van der Waals surface area contributed by atoms with Crippen molar-refractivity contribution in [3.63, 3.8) is 0 Å². The van der Waals surface area contributed by atoms with Crippen LogP contribution in [0.5, 0.6) is 0 Å². The highest BCUT2D eigenvalue weighted by atomic mass is 32.2. The molecule has 1 aliphatic rings. The van der Waals surface area contributed by atoms with Gasteiger partial charge in [0, 0.05) is 15.5 Å². The summed E-state index contributed by atoms with van der Waals surface area (Å²) in [6, 6.07) is 4.37. The largest absolute Gasteiger partial charge is 0.388 e. The first kappa shape index (κ1) is 12.7. The van der Waals surface area contributed by atoms with Crippen molar-refractivity contribution < 1.29 is 5.11 Å². The van der Waals surface area contributed by atoms with E-state index in [1.54, 1.807) is 11.3 Å². The summed E-state index contributed by atoms with van der Waals surface area (Å²) in [6.45, 7) is 0. The minimum atomic E-state index is -0.287. The number of aliphatic hydroxyl groups is 1. The Morgan fingerprint density at radius 1 is 1.39 bits per heavy atom.